The van der Waals surface area contributed by atoms with E-state index in [-0.39, 0.29) is 11.8 Å². The number of hydrogen-bond acceptors (Lipinski definition) is 4. The first-order valence-corrected chi connectivity index (χ1v) is 7.18. The van der Waals surface area contributed by atoms with E-state index >= 15 is 0 Å². The van der Waals surface area contributed by atoms with Crippen molar-refractivity contribution < 1.29 is 9.59 Å². The van der Waals surface area contributed by atoms with E-state index in [1.165, 1.54) is 11.3 Å². The predicted molar refractivity (Wildman–Crippen MR) is 80.0 cm³/mol. The van der Waals surface area contributed by atoms with Crippen LogP contribution < -0.4 is 10.6 Å². The highest BCUT2D eigenvalue weighted by molar-refractivity contribution is 7.13. The highest BCUT2D eigenvalue weighted by Crippen LogP contribution is 2.18. The maximum absolute atomic E-state index is 12.2. The molecule has 0 aliphatic heterocycles. The Bertz CT molecular complexity index is 596. The van der Waals surface area contributed by atoms with E-state index < -0.39 is 0 Å². The maximum Gasteiger partial charge on any atom is 0.259 e. The second kappa shape index (κ2) is 6.81. The van der Waals surface area contributed by atoms with Gasteiger partial charge in [-0.3, -0.25) is 14.9 Å². The maximum atomic E-state index is 12.2. The zero-order valence-electron chi connectivity index (χ0n) is 11.1. The largest absolute Gasteiger partial charge is 0.325 e. The molecule has 104 valence electrons. The molecule has 0 spiro atoms. The van der Waals surface area contributed by atoms with Crippen molar-refractivity contribution in [2.45, 2.75) is 19.8 Å². The van der Waals surface area contributed by atoms with Crippen molar-refractivity contribution in [2.24, 2.45) is 0 Å². The van der Waals surface area contributed by atoms with Gasteiger partial charge in [-0.05, 0) is 18.6 Å². The molecule has 0 aliphatic carbocycles. The first-order valence-electron chi connectivity index (χ1n) is 6.30. The van der Waals surface area contributed by atoms with E-state index in [2.05, 4.69) is 15.6 Å². The average molecular weight is 289 g/mol. The zero-order valence-corrected chi connectivity index (χ0v) is 11.9. The summed E-state index contributed by atoms with van der Waals surface area (Å²) >= 11 is 1.34. The minimum atomic E-state index is -0.285. The number of hydrogen-bond donors (Lipinski definition) is 2. The summed E-state index contributed by atoms with van der Waals surface area (Å²) in [6.45, 7) is 1.93. The molecule has 0 radical (unpaired) electrons. The molecule has 2 aromatic rings. The van der Waals surface area contributed by atoms with Gasteiger partial charge in [0.15, 0.2) is 5.13 Å². The van der Waals surface area contributed by atoms with Gasteiger partial charge in [0.2, 0.25) is 5.91 Å². The van der Waals surface area contributed by atoms with E-state index in [1.807, 2.05) is 6.92 Å². The third-order valence-corrected chi connectivity index (χ3v) is 3.26. The van der Waals surface area contributed by atoms with Crippen molar-refractivity contribution in [3.63, 3.8) is 0 Å². The second-order valence-corrected chi connectivity index (χ2v) is 5.03. The van der Waals surface area contributed by atoms with E-state index in [0.717, 1.165) is 6.42 Å². The van der Waals surface area contributed by atoms with Gasteiger partial charge < -0.3 is 5.32 Å². The Balaban J connectivity index is 2.14. The van der Waals surface area contributed by atoms with Crippen LogP contribution in [0.5, 0.6) is 0 Å². The molecule has 0 unspecified atom stereocenters. The molecule has 2 rings (SSSR count). The quantitative estimate of drug-likeness (QED) is 0.888. The third kappa shape index (κ3) is 3.64. The van der Waals surface area contributed by atoms with Crippen molar-refractivity contribution in [1.82, 2.24) is 4.98 Å². The number of nitrogens with one attached hydrogen (secondary N) is 2. The summed E-state index contributed by atoms with van der Waals surface area (Å²) in [6, 6.07) is 6.92. The van der Waals surface area contributed by atoms with E-state index in [9.17, 15) is 9.59 Å². The average Bonchev–Trinajstić information content (AvgIpc) is 2.92. The van der Waals surface area contributed by atoms with Crippen molar-refractivity contribution in [1.29, 1.82) is 0 Å². The first kappa shape index (κ1) is 14.2. The number of para-hydroxylation sites is 1. The van der Waals surface area contributed by atoms with Gasteiger partial charge >= 0.3 is 0 Å². The number of benzene rings is 1. The molecule has 0 bridgehead atoms. The monoisotopic (exact) mass is 289 g/mol. The summed E-state index contributed by atoms with van der Waals surface area (Å²) in [7, 11) is 0. The first-order chi connectivity index (χ1) is 9.70. The molecule has 20 heavy (non-hydrogen) atoms. The van der Waals surface area contributed by atoms with Crippen molar-refractivity contribution >= 4 is 34.0 Å². The highest BCUT2D eigenvalue weighted by Gasteiger charge is 2.13. The molecule has 0 aliphatic rings. The fraction of sp³-hybridized carbons (Fsp3) is 0.214. The number of carbonyl (C=O) groups excluding carboxylic acids is 2. The molecule has 6 heteroatoms. The smallest absolute Gasteiger partial charge is 0.259 e. The Kier molecular flexibility index (Phi) is 4.84. The Hall–Kier alpha value is -2.21. The molecule has 0 saturated carbocycles. The van der Waals surface area contributed by atoms with Gasteiger partial charge in [0.1, 0.15) is 0 Å². The number of nitrogens with zero attached hydrogens (tertiary/aromatic N) is 1. The van der Waals surface area contributed by atoms with Gasteiger partial charge in [0, 0.05) is 18.0 Å². The van der Waals surface area contributed by atoms with E-state index in [1.54, 1.807) is 35.8 Å². The minimum Gasteiger partial charge on any atom is -0.325 e. The Morgan fingerprint density at radius 3 is 2.75 bits per heavy atom. The number of anilines is 2. The summed E-state index contributed by atoms with van der Waals surface area (Å²) in [5.41, 5.74) is 0.937. The second-order valence-electron chi connectivity index (χ2n) is 4.14. The van der Waals surface area contributed by atoms with Gasteiger partial charge in [-0.1, -0.05) is 19.1 Å². The molecule has 1 aromatic heterocycles. The van der Waals surface area contributed by atoms with E-state index in [4.69, 9.17) is 0 Å². The SMILES string of the molecule is CCCC(=O)Nc1ccccc1C(=O)Nc1nccs1. The number of thiazole rings is 1. The lowest BCUT2D eigenvalue weighted by Crippen LogP contribution is -2.17. The number of aromatic nitrogens is 1. The van der Waals surface area contributed by atoms with Crippen LogP contribution in [0.3, 0.4) is 0 Å². The summed E-state index contributed by atoms with van der Waals surface area (Å²) in [6.07, 6.45) is 2.82. The van der Waals surface area contributed by atoms with Gasteiger partial charge in [-0.2, -0.15) is 0 Å². The van der Waals surface area contributed by atoms with Crippen LogP contribution in [-0.4, -0.2) is 16.8 Å². The topological polar surface area (TPSA) is 71.1 Å². The van der Waals surface area contributed by atoms with Crippen molar-refractivity contribution in [2.75, 3.05) is 10.6 Å². The van der Waals surface area contributed by atoms with Gasteiger partial charge in [-0.25, -0.2) is 4.98 Å². The van der Waals surface area contributed by atoms with Crippen molar-refractivity contribution in [3.8, 4) is 0 Å². The van der Waals surface area contributed by atoms with Crippen molar-refractivity contribution in [3.05, 3.63) is 41.4 Å². The van der Waals surface area contributed by atoms with Crippen LogP contribution in [-0.2, 0) is 4.79 Å². The van der Waals surface area contributed by atoms with Crippen LogP contribution >= 0.6 is 11.3 Å². The molecular formula is C14H15N3O2S. The molecular weight excluding hydrogens is 274 g/mol. The fourth-order valence-corrected chi connectivity index (χ4v) is 2.20. The third-order valence-electron chi connectivity index (χ3n) is 2.58. The van der Waals surface area contributed by atoms with Crippen LogP contribution in [0.2, 0.25) is 0 Å². The summed E-state index contributed by atoms with van der Waals surface area (Å²) in [5.74, 6) is -0.380. The zero-order chi connectivity index (χ0) is 14.4. The number of rotatable bonds is 5. The number of carbonyl (C=O) groups is 2. The van der Waals surface area contributed by atoms with Gasteiger partial charge in [0.05, 0.1) is 11.3 Å². The summed E-state index contributed by atoms with van der Waals surface area (Å²) < 4.78 is 0. The Labute approximate surface area is 121 Å². The summed E-state index contributed by atoms with van der Waals surface area (Å²) in [5, 5.41) is 7.77. The highest BCUT2D eigenvalue weighted by atomic mass is 32.1. The van der Waals surface area contributed by atoms with E-state index in [0.29, 0.717) is 22.8 Å². The fourth-order valence-electron chi connectivity index (χ4n) is 1.68. The van der Waals surface area contributed by atoms with Crippen LogP contribution in [0.1, 0.15) is 30.1 Å². The molecule has 0 atom stereocenters. The van der Waals surface area contributed by atoms with Crippen LogP contribution in [0.15, 0.2) is 35.8 Å². The molecule has 0 saturated heterocycles. The molecule has 0 fully saturated rings. The standard InChI is InChI=1S/C14H15N3O2S/c1-2-5-12(18)16-11-7-4-3-6-10(11)13(19)17-14-15-8-9-20-14/h3-4,6-9H,2,5H2,1H3,(H,16,18)(H,15,17,19). The Morgan fingerprint density at radius 2 is 2.05 bits per heavy atom. The predicted octanol–water partition coefficient (Wildman–Crippen LogP) is 3.13. The lowest BCUT2D eigenvalue weighted by molar-refractivity contribution is -0.116. The van der Waals surface area contributed by atoms with Gasteiger partial charge in [0.25, 0.3) is 5.91 Å². The molecule has 2 amide bonds. The summed E-state index contributed by atoms with van der Waals surface area (Å²) in [4.78, 5) is 27.8. The Morgan fingerprint density at radius 1 is 1.25 bits per heavy atom. The van der Waals surface area contributed by atoms with Gasteiger partial charge in [-0.15, -0.1) is 11.3 Å². The minimum absolute atomic E-state index is 0.0954. The van der Waals surface area contributed by atoms with Crippen LogP contribution in [0, 0.1) is 0 Å². The molecule has 2 N–H and O–H groups in total. The van der Waals surface area contributed by atoms with Crippen LogP contribution in [0.4, 0.5) is 10.8 Å². The lowest BCUT2D eigenvalue weighted by Gasteiger charge is -2.10. The number of amides is 2. The van der Waals surface area contributed by atoms with Crippen LogP contribution in [0.25, 0.3) is 0 Å². The molecule has 1 heterocycles. The lowest BCUT2D eigenvalue weighted by atomic mass is 10.1. The normalized spacial score (nSPS) is 10.1. The molecule has 5 nitrogen and oxygen atoms in total. The molecule has 1 aromatic carbocycles.